The van der Waals surface area contributed by atoms with Gasteiger partial charge in [0.2, 0.25) is 0 Å². The third kappa shape index (κ3) is 2.91. The van der Waals surface area contributed by atoms with Gasteiger partial charge in [-0.1, -0.05) is 38.2 Å². The summed E-state index contributed by atoms with van der Waals surface area (Å²) in [7, 11) is 0. The Morgan fingerprint density at radius 2 is 2.20 bits per heavy atom. The molecule has 86 valence electrons. The molecule has 0 heterocycles. The van der Waals surface area contributed by atoms with Gasteiger partial charge in [0.05, 0.1) is 25.9 Å². The van der Waals surface area contributed by atoms with Gasteiger partial charge < -0.3 is 14.9 Å². The molecular formula is C12H20O3. The summed E-state index contributed by atoms with van der Waals surface area (Å²) in [6, 6.07) is 0. The van der Waals surface area contributed by atoms with Crippen LogP contribution in [0, 0.1) is 11.3 Å². The molecule has 0 aromatic carbocycles. The summed E-state index contributed by atoms with van der Waals surface area (Å²) in [5.41, 5.74) is -0.274. The van der Waals surface area contributed by atoms with E-state index in [2.05, 4.69) is 13.0 Å². The van der Waals surface area contributed by atoms with Gasteiger partial charge in [-0.2, -0.15) is 0 Å². The summed E-state index contributed by atoms with van der Waals surface area (Å²) in [5.74, 6) is 0.287. The van der Waals surface area contributed by atoms with Gasteiger partial charge in [0.1, 0.15) is 0 Å². The molecule has 0 bridgehead atoms. The SMILES string of the molecule is CC1C=CC=CC1(C)C(O)COCCO. The molecule has 0 amide bonds. The molecule has 3 heteroatoms. The van der Waals surface area contributed by atoms with E-state index in [1.54, 1.807) is 0 Å². The second-order valence-corrected chi connectivity index (χ2v) is 4.21. The lowest BCUT2D eigenvalue weighted by Gasteiger charge is -2.37. The maximum Gasteiger partial charge on any atom is 0.0867 e. The molecule has 1 rings (SSSR count). The summed E-state index contributed by atoms with van der Waals surface area (Å²) in [6.45, 7) is 4.63. The predicted octanol–water partition coefficient (Wildman–Crippen LogP) is 1.12. The molecule has 0 spiro atoms. The largest absolute Gasteiger partial charge is 0.394 e. The van der Waals surface area contributed by atoms with Crippen molar-refractivity contribution in [2.75, 3.05) is 19.8 Å². The van der Waals surface area contributed by atoms with Gasteiger partial charge >= 0.3 is 0 Å². The maximum atomic E-state index is 10.0. The highest BCUT2D eigenvalue weighted by molar-refractivity contribution is 5.20. The van der Waals surface area contributed by atoms with E-state index in [1.165, 1.54) is 0 Å². The molecule has 1 aliphatic carbocycles. The Hall–Kier alpha value is -0.640. The van der Waals surface area contributed by atoms with Gasteiger partial charge in [0.25, 0.3) is 0 Å². The normalized spacial score (nSPS) is 31.9. The van der Waals surface area contributed by atoms with Crippen LogP contribution in [0.5, 0.6) is 0 Å². The molecule has 0 aromatic heterocycles. The van der Waals surface area contributed by atoms with Crippen LogP contribution in [0.3, 0.4) is 0 Å². The van der Waals surface area contributed by atoms with Gasteiger partial charge in [0, 0.05) is 5.41 Å². The zero-order valence-corrected chi connectivity index (χ0v) is 9.39. The highest BCUT2D eigenvalue weighted by Gasteiger charge is 2.35. The zero-order chi connectivity index (χ0) is 11.3. The van der Waals surface area contributed by atoms with Gasteiger partial charge in [0.15, 0.2) is 0 Å². The molecule has 0 fully saturated rings. The first-order chi connectivity index (χ1) is 7.11. The molecule has 1 aliphatic rings. The zero-order valence-electron chi connectivity index (χ0n) is 9.39. The van der Waals surface area contributed by atoms with Crippen LogP contribution in [0.4, 0.5) is 0 Å². The van der Waals surface area contributed by atoms with E-state index in [1.807, 2.05) is 25.2 Å². The third-order valence-electron chi connectivity index (χ3n) is 3.18. The van der Waals surface area contributed by atoms with Crippen molar-refractivity contribution in [3.8, 4) is 0 Å². The topological polar surface area (TPSA) is 49.7 Å². The summed E-state index contributed by atoms with van der Waals surface area (Å²) < 4.78 is 5.15. The fraction of sp³-hybridized carbons (Fsp3) is 0.667. The highest BCUT2D eigenvalue weighted by Crippen LogP contribution is 2.36. The Bertz CT molecular complexity index is 247. The molecule has 0 radical (unpaired) electrons. The minimum atomic E-state index is -0.541. The summed E-state index contributed by atoms with van der Waals surface area (Å²) in [5, 5.41) is 18.6. The van der Waals surface area contributed by atoms with Crippen LogP contribution in [-0.2, 0) is 4.74 Å². The Morgan fingerprint density at radius 3 is 2.80 bits per heavy atom. The van der Waals surface area contributed by atoms with Gasteiger partial charge in [-0.3, -0.25) is 0 Å². The second-order valence-electron chi connectivity index (χ2n) is 4.21. The van der Waals surface area contributed by atoms with E-state index in [-0.39, 0.29) is 31.2 Å². The lowest BCUT2D eigenvalue weighted by atomic mass is 9.71. The van der Waals surface area contributed by atoms with Crippen LogP contribution in [0.1, 0.15) is 13.8 Å². The van der Waals surface area contributed by atoms with Gasteiger partial charge in [-0.05, 0) is 5.92 Å². The highest BCUT2D eigenvalue weighted by atomic mass is 16.5. The van der Waals surface area contributed by atoms with Gasteiger partial charge in [-0.15, -0.1) is 0 Å². The fourth-order valence-electron chi connectivity index (χ4n) is 1.71. The minimum Gasteiger partial charge on any atom is -0.394 e. The smallest absolute Gasteiger partial charge is 0.0867 e. The van der Waals surface area contributed by atoms with Crippen molar-refractivity contribution in [1.29, 1.82) is 0 Å². The van der Waals surface area contributed by atoms with Crippen LogP contribution < -0.4 is 0 Å². The third-order valence-corrected chi connectivity index (χ3v) is 3.18. The first kappa shape index (κ1) is 12.4. The molecule has 0 aromatic rings. The molecule has 3 atom stereocenters. The number of aliphatic hydroxyl groups is 2. The van der Waals surface area contributed by atoms with Crippen molar-refractivity contribution in [3.63, 3.8) is 0 Å². The first-order valence-electron chi connectivity index (χ1n) is 5.34. The molecule has 0 saturated carbocycles. The number of hydrogen-bond acceptors (Lipinski definition) is 3. The standard InChI is InChI=1S/C12H20O3/c1-10-5-3-4-6-12(10,2)11(14)9-15-8-7-13/h3-6,10-11,13-14H,7-9H2,1-2H3. The van der Waals surface area contributed by atoms with Crippen LogP contribution in [0.2, 0.25) is 0 Å². The van der Waals surface area contributed by atoms with E-state index in [4.69, 9.17) is 9.84 Å². The van der Waals surface area contributed by atoms with E-state index >= 15 is 0 Å². The first-order valence-corrected chi connectivity index (χ1v) is 5.34. The Balaban J connectivity index is 2.53. The number of allylic oxidation sites excluding steroid dienone is 3. The molecule has 2 N–H and O–H groups in total. The van der Waals surface area contributed by atoms with Gasteiger partial charge in [-0.25, -0.2) is 0 Å². The maximum absolute atomic E-state index is 10.0. The number of aliphatic hydroxyl groups excluding tert-OH is 2. The van der Waals surface area contributed by atoms with Crippen molar-refractivity contribution in [2.45, 2.75) is 20.0 Å². The van der Waals surface area contributed by atoms with E-state index in [9.17, 15) is 5.11 Å². The quantitative estimate of drug-likeness (QED) is 0.671. The second kappa shape index (κ2) is 5.45. The Kier molecular flexibility index (Phi) is 4.51. The molecule has 3 unspecified atom stereocenters. The lowest BCUT2D eigenvalue weighted by molar-refractivity contribution is -0.0355. The Labute approximate surface area is 91.1 Å². The van der Waals surface area contributed by atoms with E-state index in [0.717, 1.165) is 0 Å². The fourth-order valence-corrected chi connectivity index (χ4v) is 1.71. The molecule has 15 heavy (non-hydrogen) atoms. The lowest BCUT2D eigenvalue weighted by Crippen LogP contribution is -2.40. The molecule has 0 aliphatic heterocycles. The molecular weight excluding hydrogens is 192 g/mol. The number of rotatable bonds is 5. The van der Waals surface area contributed by atoms with Crippen LogP contribution in [0.15, 0.2) is 24.3 Å². The van der Waals surface area contributed by atoms with Crippen molar-refractivity contribution in [1.82, 2.24) is 0 Å². The van der Waals surface area contributed by atoms with Crippen molar-refractivity contribution < 1.29 is 14.9 Å². The van der Waals surface area contributed by atoms with Crippen LogP contribution in [0.25, 0.3) is 0 Å². The van der Waals surface area contributed by atoms with E-state index < -0.39 is 6.10 Å². The monoisotopic (exact) mass is 212 g/mol. The Morgan fingerprint density at radius 1 is 1.47 bits per heavy atom. The van der Waals surface area contributed by atoms with E-state index in [0.29, 0.717) is 0 Å². The minimum absolute atomic E-state index is 0.00523. The molecule has 0 saturated heterocycles. The summed E-state index contributed by atoms with van der Waals surface area (Å²) in [4.78, 5) is 0. The number of hydrogen-bond donors (Lipinski definition) is 2. The average Bonchev–Trinajstić information content (AvgIpc) is 2.23. The van der Waals surface area contributed by atoms with Crippen molar-refractivity contribution >= 4 is 0 Å². The predicted molar refractivity (Wildman–Crippen MR) is 59.5 cm³/mol. The number of ether oxygens (including phenoxy) is 1. The van der Waals surface area contributed by atoms with Crippen molar-refractivity contribution in [2.24, 2.45) is 11.3 Å². The average molecular weight is 212 g/mol. The van der Waals surface area contributed by atoms with Crippen LogP contribution >= 0.6 is 0 Å². The molecule has 3 nitrogen and oxygen atoms in total. The summed E-state index contributed by atoms with van der Waals surface area (Å²) >= 11 is 0. The summed E-state index contributed by atoms with van der Waals surface area (Å²) in [6.07, 6.45) is 7.50. The van der Waals surface area contributed by atoms with Crippen LogP contribution in [-0.4, -0.2) is 36.1 Å². The van der Waals surface area contributed by atoms with Crippen molar-refractivity contribution in [3.05, 3.63) is 24.3 Å².